The van der Waals surface area contributed by atoms with Gasteiger partial charge in [0.1, 0.15) is 0 Å². The van der Waals surface area contributed by atoms with Crippen LogP contribution in [0, 0.1) is 0 Å². The Morgan fingerprint density at radius 2 is 0.966 bits per heavy atom. The van der Waals surface area contributed by atoms with Crippen LogP contribution in [-0.4, -0.2) is 11.6 Å². The Balaban J connectivity index is 1.09. The van der Waals surface area contributed by atoms with Gasteiger partial charge < -0.3 is 0 Å². The molecule has 12 rings (SSSR count). The second-order valence-electron chi connectivity index (χ2n) is 13.9. The Labute approximate surface area is 159 Å². The van der Waals surface area contributed by atoms with Crippen molar-refractivity contribution in [2.45, 2.75) is 60.0 Å². The van der Waals surface area contributed by atoms with Crippen LogP contribution in [0.4, 0.5) is 0 Å². The summed E-state index contributed by atoms with van der Waals surface area (Å²) in [4.78, 5) is 35.2. The Bertz CT molecular complexity index is 1560. The number of hydrogen-bond donors (Lipinski definition) is 0. The van der Waals surface area contributed by atoms with Crippen LogP contribution in [0.1, 0.15) is 11.1 Å². The van der Waals surface area contributed by atoms with E-state index in [0.717, 1.165) is 38.5 Å². The van der Waals surface area contributed by atoms with Crippen molar-refractivity contribution in [1.29, 1.82) is 0 Å². The van der Waals surface area contributed by atoms with Crippen molar-refractivity contribution >= 4 is 11.6 Å². The topological polar surface area (TPSA) is 34.1 Å². The Kier molecular flexibility index (Phi) is 0.700. The zero-order valence-corrected chi connectivity index (χ0v) is 17.1. The Morgan fingerprint density at radius 1 is 0.621 bits per heavy atom. The first-order valence-electron chi connectivity index (χ1n) is 11.3. The molecule has 1 spiro atoms. The first-order chi connectivity index (χ1) is 13.9. The van der Waals surface area contributed by atoms with Crippen molar-refractivity contribution in [2.75, 3.05) is 0 Å². The zero-order chi connectivity index (χ0) is 18.7. The summed E-state index contributed by atoms with van der Waals surface area (Å²) in [7, 11) is 0. The standard InChI is InChI=1S/2C13H11O.Fe/c2*14-13(12-8-4-5-9-12)10-11-6-2-1-3-7-11;/h2*1-9H,10H2;. The first kappa shape index (κ1) is 12.9. The zero-order valence-electron chi connectivity index (χ0n) is 16.0. The quantitative estimate of drug-likeness (QED) is 0.557. The average Bonchev–Trinajstić information content (AvgIpc) is 3.68. The molecule has 8 unspecified atom stereocenters. The van der Waals surface area contributed by atoms with Crippen molar-refractivity contribution < 1.29 is 16.1 Å². The summed E-state index contributed by atoms with van der Waals surface area (Å²) >= 11 is 0. The molecule has 0 bridgehead atoms. The predicted octanol–water partition coefficient (Wildman–Crippen LogP) is 5.74. The summed E-state index contributed by atoms with van der Waals surface area (Å²) in [5.41, 5.74) is 2.39. The second-order valence-corrected chi connectivity index (χ2v) is 37.1. The SMILES string of the molecule is O=C(Cc1ccccc1)[C]12[CH]3[CH]4[CH]5[CH]1[Fe]45321678[CH]2[CH]1[CH]6[C]7(C(=O)Cc1ccccc1)[CH]28. The molecule has 0 aliphatic carbocycles. The molecule has 0 amide bonds. The van der Waals surface area contributed by atoms with E-state index in [-0.39, 0.29) is 8.63 Å². The molecule has 0 N–H and O–H groups in total. The molecule has 0 radical (unpaired) electrons. The summed E-state index contributed by atoms with van der Waals surface area (Å²) in [5.74, 6) is 1.23. The molecule has 10 aliphatic heterocycles. The summed E-state index contributed by atoms with van der Waals surface area (Å²) < 4.78 is 0.271. The molecule has 0 aromatic heterocycles. The van der Waals surface area contributed by atoms with Gasteiger partial charge in [-0.05, 0) is 0 Å². The molecule has 10 heterocycles. The molecule has 2 aromatic rings. The van der Waals surface area contributed by atoms with E-state index in [1.807, 2.05) is 12.1 Å². The van der Waals surface area contributed by atoms with Crippen molar-refractivity contribution in [3.8, 4) is 0 Å². The number of carbonyl (C=O) groups is 2. The van der Waals surface area contributed by atoms with E-state index in [9.17, 15) is 9.59 Å². The molecule has 2 aromatic carbocycles. The van der Waals surface area contributed by atoms with E-state index in [4.69, 9.17) is 0 Å². The molecule has 146 valence electrons. The number of Topliss-reactive ketones (excluding diaryl/α,β-unsaturated/α-hetero) is 2. The maximum absolute atomic E-state index is 14.0. The number of fused-ring (bicyclic) bond motifs is 10. The molecular weight excluding hydrogens is 400 g/mol. The summed E-state index contributed by atoms with van der Waals surface area (Å²) in [5, 5.41) is 0. The van der Waals surface area contributed by atoms with Crippen molar-refractivity contribution in [3.63, 3.8) is 0 Å². The van der Waals surface area contributed by atoms with Crippen molar-refractivity contribution in [1.82, 2.24) is 0 Å². The fourth-order valence-corrected chi connectivity index (χ4v) is 95.9. The van der Waals surface area contributed by atoms with Crippen LogP contribution in [0.5, 0.6) is 0 Å². The minimum absolute atomic E-state index is 0.136. The van der Waals surface area contributed by atoms with Crippen LogP contribution in [0.25, 0.3) is 0 Å². The van der Waals surface area contributed by atoms with E-state index in [1.54, 1.807) is 0 Å². The molecule has 10 aliphatic rings. The van der Waals surface area contributed by atoms with Gasteiger partial charge in [0, 0.05) is 0 Å². The van der Waals surface area contributed by atoms with E-state index in [2.05, 4.69) is 48.5 Å². The number of ketones is 2. The third-order valence-electron chi connectivity index (χ3n) is 18.1. The van der Waals surface area contributed by atoms with Gasteiger partial charge in [-0.2, -0.15) is 0 Å². The van der Waals surface area contributed by atoms with Gasteiger partial charge in [-0.3, -0.25) is 0 Å². The van der Waals surface area contributed by atoms with Gasteiger partial charge in [0.05, 0.1) is 0 Å². The van der Waals surface area contributed by atoms with Crippen LogP contribution in [0.15, 0.2) is 60.7 Å². The van der Waals surface area contributed by atoms with Crippen LogP contribution >= 0.6 is 0 Å². The average molecular weight is 422 g/mol. The van der Waals surface area contributed by atoms with E-state index >= 15 is 0 Å². The minimum atomic E-state index is -4.02. The van der Waals surface area contributed by atoms with Gasteiger partial charge in [-0.15, -0.1) is 0 Å². The van der Waals surface area contributed by atoms with Gasteiger partial charge in [0.2, 0.25) is 0 Å². The monoisotopic (exact) mass is 422 g/mol. The molecule has 8 atom stereocenters. The van der Waals surface area contributed by atoms with E-state index in [1.165, 1.54) is 11.1 Å². The first-order valence-corrected chi connectivity index (χ1v) is 17.5. The van der Waals surface area contributed by atoms with Crippen LogP contribution in [0.3, 0.4) is 0 Å². The Hall–Kier alpha value is -1.70. The van der Waals surface area contributed by atoms with Gasteiger partial charge in [0.25, 0.3) is 0 Å². The molecule has 0 saturated carbocycles. The fraction of sp³-hybridized carbons (Fsp3) is 0.462. The van der Waals surface area contributed by atoms with Gasteiger partial charge >= 0.3 is 159 Å². The number of rotatable bonds is 6. The van der Waals surface area contributed by atoms with Crippen LogP contribution in [-0.2, 0) is 28.9 Å². The number of benzene rings is 2. The van der Waals surface area contributed by atoms with Gasteiger partial charge in [-0.1, -0.05) is 0 Å². The number of carbonyl (C=O) groups excluding carboxylic acids is 2. The predicted molar refractivity (Wildman–Crippen MR) is 106 cm³/mol. The van der Waals surface area contributed by atoms with Crippen LogP contribution < -0.4 is 0 Å². The molecule has 3 heteroatoms. The Morgan fingerprint density at radius 3 is 1.28 bits per heavy atom. The molecule has 29 heavy (non-hydrogen) atoms. The summed E-state index contributed by atoms with van der Waals surface area (Å²) in [6, 6.07) is 20.8. The van der Waals surface area contributed by atoms with E-state index in [0.29, 0.717) is 24.4 Å². The molecule has 10 fully saturated rings. The molecule has 10 saturated heterocycles. The molecular formula is C26H22FeO2. The van der Waals surface area contributed by atoms with Crippen molar-refractivity contribution in [3.05, 3.63) is 71.8 Å². The number of hydrogen-bond acceptors (Lipinski definition) is 2. The third-order valence-corrected chi connectivity index (χ3v) is 60.8. The summed E-state index contributed by atoms with van der Waals surface area (Å²) in [6.07, 6.45) is 1.28. The van der Waals surface area contributed by atoms with Crippen LogP contribution in [0.2, 0.25) is 47.2 Å². The van der Waals surface area contributed by atoms with Gasteiger partial charge in [0.15, 0.2) is 0 Å². The maximum atomic E-state index is 14.0. The third kappa shape index (κ3) is 0.229. The fourth-order valence-electron chi connectivity index (χ4n) is 19.9. The normalized spacial score (nSPS) is 76.8. The second kappa shape index (κ2) is 1.58. The van der Waals surface area contributed by atoms with Crippen molar-refractivity contribution in [2.24, 2.45) is 0 Å². The van der Waals surface area contributed by atoms with E-state index < -0.39 is 6.51 Å². The molecule has 2 nitrogen and oxygen atoms in total. The van der Waals surface area contributed by atoms with Gasteiger partial charge in [-0.25, -0.2) is 0 Å². The summed E-state index contributed by atoms with van der Waals surface area (Å²) in [6.45, 7) is -4.02.